The Morgan fingerprint density at radius 3 is 2.68 bits per heavy atom. The first kappa shape index (κ1) is 24.7. The zero-order valence-corrected chi connectivity index (χ0v) is 21.4. The summed E-state index contributed by atoms with van der Waals surface area (Å²) in [6.07, 6.45) is 0.379. The minimum Gasteiger partial charge on any atom is -0.497 e. The second-order valence-corrected chi connectivity index (χ2v) is 11.8. The third kappa shape index (κ3) is 5.28. The molecule has 2 N–H and O–H groups in total. The molecule has 0 fully saturated rings. The summed E-state index contributed by atoms with van der Waals surface area (Å²) in [5.41, 5.74) is 0.212. The Labute approximate surface area is 210 Å². The van der Waals surface area contributed by atoms with Gasteiger partial charge in [0.05, 0.1) is 23.7 Å². The van der Waals surface area contributed by atoms with Gasteiger partial charge < -0.3 is 9.47 Å². The van der Waals surface area contributed by atoms with Crippen molar-refractivity contribution in [3.8, 4) is 11.5 Å². The molecular formula is C21H20Cl2N4O5S2. The van der Waals surface area contributed by atoms with Crippen molar-refractivity contribution in [3.63, 3.8) is 0 Å². The largest absolute Gasteiger partial charge is 0.497 e. The molecule has 180 valence electrons. The van der Waals surface area contributed by atoms with E-state index in [2.05, 4.69) is 20.2 Å². The van der Waals surface area contributed by atoms with Crippen molar-refractivity contribution in [2.75, 3.05) is 12.4 Å². The minimum absolute atomic E-state index is 0.00534. The highest BCUT2D eigenvalue weighted by atomic mass is 35.5. The van der Waals surface area contributed by atoms with E-state index >= 15 is 0 Å². The fourth-order valence-electron chi connectivity index (χ4n) is 3.51. The van der Waals surface area contributed by atoms with E-state index in [1.165, 1.54) is 25.3 Å². The lowest BCUT2D eigenvalue weighted by atomic mass is 9.90. The first-order chi connectivity index (χ1) is 16.0. The van der Waals surface area contributed by atoms with Crippen LogP contribution < -0.4 is 19.5 Å². The fourth-order valence-corrected chi connectivity index (χ4v) is 6.13. The Morgan fingerprint density at radius 2 is 1.97 bits per heavy atom. The number of carbonyl (C=O) groups is 1. The van der Waals surface area contributed by atoms with Gasteiger partial charge in [0.1, 0.15) is 17.1 Å². The van der Waals surface area contributed by atoms with Crippen molar-refractivity contribution < 1.29 is 22.7 Å². The van der Waals surface area contributed by atoms with E-state index in [9.17, 15) is 13.2 Å². The van der Waals surface area contributed by atoms with Gasteiger partial charge in [0.15, 0.2) is 0 Å². The quantitative estimate of drug-likeness (QED) is 0.433. The molecule has 4 rings (SSSR count). The fraction of sp³-hybridized carbons (Fsp3) is 0.286. The number of nitrogens with one attached hydrogen (secondary N) is 2. The molecule has 0 saturated carbocycles. The number of fused-ring (bicyclic) bond motifs is 1. The minimum atomic E-state index is -4.06. The molecule has 0 saturated heterocycles. The third-order valence-corrected chi connectivity index (χ3v) is 8.23. The third-order valence-electron chi connectivity index (χ3n) is 5.00. The first-order valence-corrected chi connectivity index (χ1v) is 13.0. The number of methoxy groups -OCH3 is 1. The number of aromatic nitrogens is 2. The summed E-state index contributed by atoms with van der Waals surface area (Å²) in [5.74, 6) is 0.574. The molecule has 0 bridgehead atoms. The second kappa shape index (κ2) is 9.31. The SMILES string of the molecule is COc1ccc2c(c1)C(NS(=O)(=O)c1nnc(NC(=O)c3ccc(Cl)cc3Cl)s1)CC(C)(C)O2. The number of carbonyl (C=O) groups excluding carboxylic acids is 1. The topological polar surface area (TPSA) is 120 Å². The van der Waals surface area contributed by atoms with E-state index in [1.807, 2.05) is 13.8 Å². The molecule has 1 unspecified atom stereocenters. The predicted octanol–water partition coefficient (Wildman–Crippen LogP) is 4.69. The zero-order chi connectivity index (χ0) is 24.7. The average molecular weight is 543 g/mol. The molecule has 34 heavy (non-hydrogen) atoms. The van der Waals surface area contributed by atoms with Gasteiger partial charge in [-0.15, -0.1) is 10.2 Å². The smallest absolute Gasteiger partial charge is 0.270 e. The van der Waals surface area contributed by atoms with Gasteiger partial charge in [0.2, 0.25) is 9.47 Å². The van der Waals surface area contributed by atoms with Crippen LogP contribution in [0.5, 0.6) is 11.5 Å². The monoisotopic (exact) mass is 542 g/mol. The molecular weight excluding hydrogens is 523 g/mol. The number of ether oxygens (including phenoxy) is 2. The van der Waals surface area contributed by atoms with Gasteiger partial charge in [0, 0.05) is 17.0 Å². The Kier molecular flexibility index (Phi) is 6.76. The summed E-state index contributed by atoms with van der Waals surface area (Å²) < 4.78 is 39.9. The molecule has 9 nitrogen and oxygen atoms in total. The van der Waals surface area contributed by atoms with Crippen LogP contribution in [0.1, 0.15) is 42.2 Å². The normalized spacial score (nSPS) is 16.9. The Morgan fingerprint density at radius 1 is 1.21 bits per heavy atom. The number of amides is 1. The number of benzene rings is 2. The van der Waals surface area contributed by atoms with E-state index in [0.717, 1.165) is 11.3 Å². The highest BCUT2D eigenvalue weighted by molar-refractivity contribution is 7.91. The van der Waals surface area contributed by atoms with Crippen LogP contribution in [0.3, 0.4) is 0 Å². The molecule has 1 aliphatic rings. The predicted molar refractivity (Wildman–Crippen MR) is 130 cm³/mol. The van der Waals surface area contributed by atoms with Gasteiger partial charge in [-0.3, -0.25) is 10.1 Å². The van der Waals surface area contributed by atoms with Gasteiger partial charge in [-0.2, -0.15) is 0 Å². The summed E-state index contributed by atoms with van der Waals surface area (Å²) in [7, 11) is -2.53. The lowest BCUT2D eigenvalue weighted by Gasteiger charge is -2.37. The van der Waals surface area contributed by atoms with Crippen LogP contribution in [-0.2, 0) is 10.0 Å². The van der Waals surface area contributed by atoms with E-state index in [-0.39, 0.29) is 20.1 Å². The van der Waals surface area contributed by atoms with Gasteiger partial charge in [-0.1, -0.05) is 34.5 Å². The molecule has 0 radical (unpaired) electrons. The summed E-state index contributed by atoms with van der Waals surface area (Å²) in [5, 5.41) is 10.6. The highest BCUT2D eigenvalue weighted by Crippen LogP contribution is 2.42. The van der Waals surface area contributed by atoms with Crippen LogP contribution >= 0.6 is 34.5 Å². The van der Waals surface area contributed by atoms with Crippen molar-refractivity contribution in [2.24, 2.45) is 0 Å². The number of hydrogen-bond acceptors (Lipinski definition) is 8. The average Bonchev–Trinajstić information content (AvgIpc) is 3.22. The Bertz CT molecular complexity index is 1360. The maximum absolute atomic E-state index is 13.1. The number of rotatable bonds is 6. The molecule has 1 aromatic heterocycles. The van der Waals surface area contributed by atoms with Gasteiger partial charge in [-0.05, 0) is 50.2 Å². The number of halogens is 2. The molecule has 0 spiro atoms. The molecule has 2 heterocycles. The molecule has 0 aliphatic carbocycles. The standard InChI is InChI=1S/C21H20Cl2N4O5S2/c1-21(2)10-16(14-9-12(31-3)5-7-17(14)32-21)27-34(29,30)20-26-25-19(33-20)24-18(28)13-6-4-11(22)8-15(13)23/h4-9,16,27H,10H2,1-3H3,(H,24,25,28). The molecule has 3 aromatic rings. The molecule has 2 aromatic carbocycles. The van der Waals surface area contributed by atoms with Crippen molar-refractivity contribution in [1.29, 1.82) is 0 Å². The lowest BCUT2D eigenvalue weighted by molar-refractivity contribution is 0.0700. The van der Waals surface area contributed by atoms with Crippen LogP contribution in [0.2, 0.25) is 10.0 Å². The lowest BCUT2D eigenvalue weighted by Crippen LogP contribution is -2.41. The van der Waals surface area contributed by atoms with Crippen molar-refractivity contribution >= 4 is 55.6 Å². The van der Waals surface area contributed by atoms with Crippen LogP contribution in [-0.4, -0.2) is 37.2 Å². The van der Waals surface area contributed by atoms with Gasteiger partial charge in [-0.25, -0.2) is 13.1 Å². The van der Waals surface area contributed by atoms with Crippen LogP contribution in [0.4, 0.5) is 5.13 Å². The highest BCUT2D eigenvalue weighted by Gasteiger charge is 2.37. The summed E-state index contributed by atoms with van der Waals surface area (Å²) in [6, 6.07) is 9.05. The number of sulfonamides is 1. The van der Waals surface area contributed by atoms with Crippen molar-refractivity contribution in [3.05, 3.63) is 57.6 Å². The summed E-state index contributed by atoms with van der Waals surface area (Å²) in [6.45, 7) is 3.75. The Balaban J connectivity index is 1.55. The first-order valence-electron chi connectivity index (χ1n) is 9.96. The van der Waals surface area contributed by atoms with Gasteiger partial charge >= 0.3 is 0 Å². The molecule has 1 aliphatic heterocycles. The van der Waals surface area contributed by atoms with Crippen LogP contribution in [0.15, 0.2) is 40.7 Å². The number of anilines is 1. The summed E-state index contributed by atoms with van der Waals surface area (Å²) in [4.78, 5) is 12.5. The van der Waals surface area contributed by atoms with E-state index < -0.39 is 27.6 Å². The van der Waals surface area contributed by atoms with Crippen LogP contribution in [0, 0.1) is 0 Å². The molecule has 13 heteroatoms. The second-order valence-electron chi connectivity index (χ2n) is 8.09. The van der Waals surface area contributed by atoms with Gasteiger partial charge in [0.25, 0.3) is 15.9 Å². The number of nitrogens with zero attached hydrogens (tertiary/aromatic N) is 2. The summed E-state index contributed by atoms with van der Waals surface area (Å²) >= 11 is 12.6. The zero-order valence-electron chi connectivity index (χ0n) is 18.3. The Hall–Kier alpha value is -2.44. The van der Waals surface area contributed by atoms with E-state index in [0.29, 0.717) is 28.5 Å². The molecule has 1 atom stereocenters. The molecule has 1 amide bonds. The van der Waals surface area contributed by atoms with E-state index in [4.69, 9.17) is 32.7 Å². The maximum atomic E-state index is 13.1. The number of hydrogen-bond donors (Lipinski definition) is 2. The maximum Gasteiger partial charge on any atom is 0.270 e. The van der Waals surface area contributed by atoms with Crippen LogP contribution in [0.25, 0.3) is 0 Å². The van der Waals surface area contributed by atoms with E-state index in [1.54, 1.807) is 18.2 Å². The van der Waals surface area contributed by atoms with Crippen molar-refractivity contribution in [2.45, 2.75) is 36.3 Å². The van der Waals surface area contributed by atoms with Crippen molar-refractivity contribution in [1.82, 2.24) is 14.9 Å².